The van der Waals surface area contributed by atoms with Crippen LogP contribution in [0.4, 0.5) is 0 Å². The van der Waals surface area contributed by atoms with Crippen molar-refractivity contribution in [2.75, 3.05) is 13.2 Å². The largest absolute Gasteiger partial charge is 0.378 e. The van der Waals surface area contributed by atoms with E-state index in [9.17, 15) is 0 Å². The van der Waals surface area contributed by atoms with E-state index in [4.69, 9.17) is 4.74 Å². The van der Waals surface area contributed by atoms with E-state index >= 15 is 0 Å². The molecule has 1 aliphatic heterocycles. The Kier molecular flexibility index (Phi) is 4.95. The van der Waals surface area contributed by atoms with E-state index in [-0.39, 0.29) is 0 Å². The average Bonchev–Trinajstić information content (AvgIpc) is 2.36. The van der Waals surface area contributed by atoms with Gasteiger partial charge in [-0.3, -0.25) is 4.98 Å². The Bertz CT molecular complexity index is 335. The lowest BCUT2D eigenvalue weighted by Crippen LogP contribution is -2.25. The monoisotopic (exact) mass is 234 g/mol. The highest BCUT2D eigenvalue weighted by Crippen LogP contribution is 2.14. The van der Waals surface area contributed by atoms with Crippen molar-refractivity contribution in [3.05, 3.63) is 29.6 Å². The van der Waals surface area contributed by atoms with Gasteiger partial charge >= 0.3 is 0 Å². The first-order chi connectivity index (χ1) is 8.34. The van der Waals surface area contributed by atoms with Crippen LogP contribution in [-0.4, -0.2) is 24.2 Å². The standard InChI is InChI=1S/C14H22N2O/c1-12-5-4-6-13(16-12)11-15-9-8-14-7-2-3-10-17-14/h4-6,14-15H,2-3,7-11H2,1H3. The third-order valence-electron chi connectivity index (χ3n) is 3.17. The summed E-state index contributed by atoms with van der Waals surface area (Å²) in [5, 5.41) is 3.43. The Morgan fingerprint density at radius 2 is 2.35 bits per heavy atom. The second-order valence-corrected chi connectivity index (χ2v) is 4.72. The predicted molar refractivity (Wildman–Crippen MR) is 68.9 cm³/mol. The van der Waals surface area contributed by atoms with Crippen LogP contribution in [0.25, 0.3) is 0 Å². The number of aromatic nitrogens is 1. The van der Waals surface area contributed by atoms with Crippen LogP contribution >= 0.6 is 0 Å². The number of ether oxygens (including phenoxy) is 1. The quantitative estimate of drug-likeness (QED) is 0.795. The minimum atomic E-state index is 0.474. The molecule has 0 bridgehead atoms. The first kappa shape index (κ1) is 12.5. The minimum Gasteiger partial charge on any atom is -0.378 e. The van der Waals surface area contributed by atoms with Gasteiger partial charge in [0.1, 0.15) is 0 Å². The number of nitrogens with zero attached hydrogens (tertiary/aromatic N) is 1. The van der Waals surface area contributed by atoms with Gasteiger partial charge in [-0.25, -0.2) is 0 Å². The van der Waals surface area contributed by atoms with Crippen molar-refractivity contribution in [1.29, 1.82) is 0 Å². The fraction of sp³-hybridized carbons (Fsp3) is 0.643. The second kappa shape index (κ2) is 6.72. The maximum atomic E-state index is 5.69. The summed E-state index contributed by atoms with van der Waals surface area (Å²) in [5.74, 6) is 0. The fourth-order valence-corrected chi connectivity index (χ4v) is 2.21. The zero-order valence-electron chi connectivity index (χ0n) is 10.6. The summed E-state index contributed by atoms with van der Waals surface area (Å²) in [7, 11) is 0. The van der Waals surface area contributed by atoms with Gasteiger partial charge in [-0.05, 0) is 51.3 Å². The number of rotatable bonds is 5. The first-order valence-corrected chi connectivity index (χ1v) is 6.59. The lowest BCUT2D eigenvalue weighted by molar-refractivity contribution is 0.0115. The molecule has 94 valence electrons. The first-order valence-electron chi connectivity index (χ1n) is 6.59. The van der Waals surface area contributed by atoms with E-state index < -0.39 is 0 Å². The molecule has 3 heteroatoms. The Morgan fingerprint density at radius 1 is 1.41 bits per heavy atom. The summed E-state index contributed by atoms with van der Waals surface area (Å²) in [4.78, 5) is 4.46. The molecular formula is C14H22N2O. The molecule has 1 N–H and O–H groups in total. The van der Waals surface area contributed by atoms with E-state index in [2.05, 4.69) is 22.4 Å². The summed E-state index contributed by atoms with van der Waals surface area (Å²) >= 11 is 0. The second-order valence-electron chi connectivity index (χ2n) is 4.72. The van der Waals surface area contributed by atoms with Crippen LogP contribution in [-0.2, 0) is 11.3 Å². The van der Waals surface area contributed by atoms with Crippen LogP contribution in [0, 0.1) is 6.92 Å². The van der Waals surface area contributed by atoms with Gasteiger partial charge in [0.25, 0.3) is 0 Å². The highest BCUT2D eigenvalue weighted by molar-refractivity contribution is 5.09. The molecule has 0 radical (unpaired) electrons. The lowest BCUT2D eigenvalue weighted by Gasteiger charge is -2.22. The smallest absolute Gasteiger partial charge is 0.0587 e. The molecule has 1 aromatic heterocycles. The Hall–Kier alpha value is -0.930. The Labute approximate surface area is 104 Å². The molecule has 1 saturated heterocycles. The maximum absolute atomic E-state index is 5.69. The molecule has 2 rings (SSSR count). The Morgan fingerprint density at radius 3 is 3.12 bits per heavy atom. The SMILES string of the molecule is Cc1cccc(CNCCC2CCCCO2)n1. The van der Waals surface area contributed by atoms with Crippen LogP contribution in [0.2, 0.25) is 0 Å². The number of hydrogen-bond acceptors (Lipinski definition) is 3. The van der Waals surface area contributed by atoms with Gasteiger partial charge in [-0.15, -0.1) is 0 Å². The van der Waals surface area contributed by atoms with E-state index in [1.807, 2.05) is 13.0 Å². The predicted octanol–water partition coefficient (Wildman–Crippen LogP) is 2.44. The molecule has 1 atom stereocenters. The highest BCUT2D eigenvalue weighted by Gasteiger charge is 2.12. The number of hydrogen-bond donors (Lipinski definition) is 1. The molecule has 3 nitrogen and oxygen atoms in total. The lowest BCUT2D eigenvalue weighted by atomic mass is 10.1. The highest BCUT2D eigenvalue weighted by atomic mass is 16.5. The van der Waals surface area contributed by atoms with Gasteiger partial charge in [0.05, 0.1) is 11.8 Å². The molecule has 1 fully saturated rings. The molecule has 0 spiro atoms. The van der Waals surface area contributed by atoms with Gasteiger partial charge in [0, 0.05) is 18.8 Å². The van der Waals surface area contributed by atoms with E-state index in [0.29, 0.717) is 6.10 Å². The molecule has 0 saturated carbocycles. The molecule has 1 aliphatic rings. The van der Waals surface area contributed by atoms with Crippen molar-refractivity contribution in [2.24, 2.45) is 0 Å². The van der Waals surface area contributed by atoms with E-state index in [1.54, 1.807) is 0 Å². The van der Waals surface area contributed by atoms with Crippen molar-refractivity contribution in [3.8, 4) is 0 Å². The number of pyridine rings is 1. The van der Waals surface area contributed by atoms with Crippen molar-refractivity contribution < 1.29 is 4.74 Å². The number of nitrogens with one attached hydrogen (secondary N) is 1. The van der Waals surface area contributed by atoms with Crippen LogP contribution in [0.1, 0.15) is 37.1 Å². The topological polar surface area (TPSA) is 34.1 Å². The van der Waals surface area contributed by atoms with Gasteiger partial charge in [-0.1, -0.05) is 6.07 Å². The molecule has 0 aliphatic carbocycles. The third-order valence-corrected chi connectivity index (χ3v) is 3.17. The molecule has 1 aromatic rings. The van der Waals surface area contributed by atoms with Crippen molar-refractivity contribution in [1.82, 2.24) is 10.3 Å². The van der Waals surface area contributed by atoms with Crippen LogP contribution < -0.4 is 5.32 Å². The van der Waals surface area contributed by atoms with Gasteiger partial charge in [0.15, 0.2) is 0 Å². The minimum absolute atomic E-state index is 0.474. The van der Waals surface area contributed by atoms with Crippen molar-refractivity contribution in [2.45, 2.75) is 45.3 Å². The van der Waals surface area contributed by atoms with Crippen LogP contribution in [0.15, 0.2) is 18.2 Å². The summed E-state index contributed by atoms with van der Waals surface area (Å²) < 4.78 is 5.69. The zero-order chi connectivity index (χ0) is 11.9. The zero-order valence-corrected chi connectivity index (χ0v) is 10.6. The van der Waals surface area contributed by atoms with Crippen LogP contribution in [0.3, 0.4) is 0 Å². The maximum Gasteiger partial charge on any atom is 0.0587 e. The molecule has 2 heterocycles. The summed E-state index contributed by atoms with van der Waals surface area (Å²) in [6, 6.07) is 6.15. The van der Waals surface area contributed by atoms with E-state index in [1.165, 1.54) is 19.3 Å². The fourth-order valence-electron chi connectivity index (χ4n) is 2.21. The summed E-state index contributed by atoms with van der Waals surface area (Å²) in [6.45, 7) is 4.85. The van der Waals surface area contributed by atoms with Crippen molar-refractivity contribution in [3.63, 3.8) is 0 Å². The van der Waals surface area contributed by atoms with Gasteiger partial charge < -0.3 is 10.1 Å². The molecule has 1 unspecified atom stereocenters. The summed E-state index contributed by atoms with van der Waals surface area (Å²) in [5.41, 5.74) is 2.20. The molecule has 17 heavy (non-hydrogen) atoms. The number of aryl methyl sites for hydroxylation is 1. The third kappa shape index (κ3) is 4.44. The Balaban J connectivity index is 1.62. The van der Waals surface area contributed by atoms with Crippen molar-refractivity contribution >= 4 is 0 Å². The average molecular weight is 234 g/mol. The molecule has 0 amide bonds. The molecule has 0 aromatic carbocycles. The van der Waals surface area contributed by atoms with Crippen LogP contribution in [0.5, 0.6) is 0 Å². The van der Waals surface area contributed by atoms with E-state index in [0.717, 1.165) is 37.5 Å². The normalized spacial score (nSPS) is 20.4. The summed E-state index contributed by atoms with van der Waals surface area (Å²) in [6.07, 6.45) is 5.37. The molecular weight excluding hydrogens is 212 g/mol. The van der Waals surface area contributed by atoms with Gasteiger partial charge in [-0.2, -0.15) is 0 Å². The van der Waals surface area contributed by atoms with Gasteiger partial charge in [0.2, 0.25) is 0 Å².